The van der Waals surface area contributed by atoms with E-state index >= 15 is 0 Å². The summed E-state index contributed by atoms with van der Waals surface area (Å²) in [4.78, 5) is 1.66. The van der Waals surface area contributed by atoms with Crippen molar-refractivity contribution >= 4 is 0 Å². The molecule has 0 radical (unpaired) electrons. The highest BCUT2D eigenvalue weighted by Crippen LogP contribution is 2.13. The van der Waals surface area contributed by atoms with Gasteiger partial charge in [-0.2, -0.15) is 0 Å². The van der Waals surface area contributed by atoms with Gasteiger partial charge in [0, 0.05) is 24.8 Å². The third kappa shape index (κ3) is 4.71. The van der Waals surface area contributed by atoms with Gasteiger partial charge >= 0.3 is 0 Å². The van der Waals surface area contributed by atoms with Gasteiger partial charge in [-0.3, -0.25) is 0 Å². The second-order valence-electron chi connectivity index (χ2n) is 6.53. The van der Waals surface area contributed by atoms with Gasteiger partial charge in [-0.1, -0.05) is 60.7 Å². The van der Waals surface area contributed by atoms with Gasteiger partial charge in [-0.15, -0.1) is 0 Å². The van der Waals surface area contributed by atoms with Gasteiger partial charge in [0.15, 0.2) is 0 Å². The lowest BCUT2D eigenvalue weighted by atomic mass is 9.93. The Bertz CT molecular complexity index is 512. The van der Waals surface area contributed by atoms with E-state index in [1.54, 1.807) is 4.90 Å². The monoisotopic (exact) mass is 282 g/mol. The van der Waals surface area contributed by atoms with E-state index in [9.17, 15) is 0 Å². The molecule has 0 saturated carbocycles. The molecule has 0 amide bonds. The Morgan fingerprint density at radius 3 is 2.38 bits per heavy atom. The summed E-state index contributed by atoms with van der Waals surface area (Å²) < 4.78 is 0. The maximum absolute atomic E-state index is 4.12. The van der Waals surface area contributed by atoms with Gasteiger partial charge in [0.05, 0.1) is 6.04 Å². The van der Waals surface area contributed by atoms with Crippen molar-refractivity contribution in [3.63, 3.8) is 0 Å². The summed E-state index contributed by atoms with van der Waals surface area (Å²) in [7, 11) is 0. The standard InChI is InChI=1S/C20H27N/c1-16(2)13-19-11-8-12-20(14-17(3)4)21(19)15-18-9-6-5-7-10-18/h5-11,19-20H,1,3,12-15H2,2,4H3/p+1/t19-,20-/m1/s1. The van der Waals surface area contributed by atoms with Crippen molar-refractivity contribution in [2.24, 2.45) is 0 Å². The van der Waals surface area contributed by atoms with E-state index in [0.717, 1.165) is 25.8 Å². The summed E-state index contributed by atoms with van der Waals surface area (Å²) in [6.07, 6.45) is 8.09. The van der Waals surface area contributed by atoms with Gasteiger partial charge < -0.3 is 4.90 Å². The van der Waals surface area contributed by atoms with Crippen molar-refractivity contribution in [2.75, 3.05) is 0 Å². The number of hydrogen-bond acceptors (Lipinski definition) is 0. The van der Waals surface area contributed by atoms with E-state index in [-0.39, 0.29) is 0 Å². The minimum absolute atomic E-state index is 0.542. The van der Waals surface area contributed by atoms with Crippen LogP contribution in [0.3, 0.4) is 0 Å². The molecule has 21 heavy (non-hydrogen) atoms. The van der Waals surface area contributed by atoms with Crippen molar-refractivity contribution in [3.8, 4) is 0 Å². The Balaban J connectivity index is 2.19. The maximum atomic E-state index is 4.12. The number of benzene rings is 1. The van der Waals surface area contributed by atoms with Crippen LogP contribution in [0.1, 0.15) is 38.7 Å². The Kier molecular flexibility index (Phi) is 5.58. The first-order valence-electron chi connectivity index (χ1n) is 7.91. The van der Waals surface area contributed by atoms with E-state index in [1.807, 2.05) is 0 Å². The van der Waals surface area contributed by atoms with Crippen LogP contribution < -0.4 is 4.90 Å². The van der Waals surface area contributed by atoms with Gasteiger partial charge in [-0.25, -0.2) is 0 Å². The van der Waals surface area contributed by atoms with Crippen molar-refractivity contribution in [1.29, 1.82) is 0 Å². The van der Waals surface area contributed by atoms with Gasteiger partial charge in [0.25, 0.3) is 0 Å². The SMILES string of the molecule is C=C(C)C[C@H]1CC=C[C@H](CC(=C)C)[NH+]1Cc1ccccc1. The number of rotatable bonds is 6. The fraction of sp³-hybridized carbons (Fsp3) is 0.400. The molecule has 2 rings (SSSR count). The molecule has 1 aliphatic heterocycles. The van der Waals surface area contributed by atoms with Crippen LogP contribution in [0.15, 0.2) is 66.8 Å². The summed E-state index contributed by atoms with van der Waals surface area (Å²) in [6.45, 7) is 13.6. The first kappa shape index (κ1) is 15.8. The average molecular weight is 282 g/mol. The van der Waals surface area contributed by atoms with Crippen LogP contribution in [-0.2, 0) is 6.54 Å². The van der Waals surface area contributed by atoms with Crippen molar-refractivity contribution in [2.45, 2.75) is 51.7 Å². The van der Waals surface area contributed by atoms with Crippen LogP contribution in [0.5, 0.6) is 0 Å². The highest BCUT2D eigenvalue weighted by molar-refractivity contribution is 5.14. The van der Waals surface area contributed by atoms with Crippen molar-refractivity contribution in [1.82, 2.24) is 0 Å². The average Bonchev–Trinajstić information content (AvgIpc) is 2.42. The number of hydrogen-bond donors (Lipinski definition) is 1. The molecule has 1 heteroatoms. The van der Waals surface area contributed by atoms with Crippen LogP contribution in [0.25, 0.3) is 0 Å². The van der Waals surface area contributed by atoms with Crippen LogP contribution >= 0.6 is 0 Å². The van der Waals surface area contributed by atoms with E-state index in [1.165, 1.54) is 16.7 Å². The summed E-state index contributed by atoms with van der Waals surface area (Å²) >= 11 is 0. The van der Waals surface area contributed by atoms with E-state index in [2.05, 4.69) is 69.5 Å². The lowest BCUT2D eigenvalue weighted by Crippen LogP contribution is -3.18. The first-order valence-corrected chi connectivity index (χ1v) is 7.91. The highest BCUT2D eigenvalue weighted by atomic mass is 15.2. The minimum atomic E-state index is 0.542. The Morgan fingerprint density at radius 2 is 1.76 bits per heavy atom. The van der Waals surface area contributed by atoms with Crippen molar-refractivity contribution < 1.29 is 4.90 Å². The first-order chi connectivity index (χ1) is 10.1. The molecule has 112 valence electrons. The van der Waals surface area contributed by atoms with E-state index < -0.39 is 0 Å². The molecule has 1 heterocycles. The molecule has 0 saturated heterocycles. The molecule has 1 nitrogen and oxygen atoms in total. The van der Waals surface area contributed by atoms with Crippen LogP contribution in [-0.4, -0.2) is 12.1 Å². The zero-order valence-corrected chi connectivity index (χ0v) is 13.4. The Morgan fingerprint density at radius 1 is 1.10 bits per heavy atom. The molecule has 1 aliphatic rings. The Labute approximate surface area is 129 Å². The van der Waals surface area contributed by atoms with Gasteiger partial charge in [-0.05, 0) is 19.9 Å². The summed E-state index contributed by atoms with van der Waals surface area (Å²) in [5.74, 6) is 0. The summed E-state index contributed by atoms with van der Waals surface area (Å²) in [6, 6.07) is 12.0. The molecule has 1 aromatic rings. The van der Waals surface area contributed by atoms with Crippen LogP contribution in [0.4, 0.5) is 0 Å². The summed E-state index contributed by atoms with van der Waals surface area (Å²) in [5.41, 5.74) is 3.97. The fourth-order valence-electron chi connectivity index (χ4n) is 3.30. The lowest BCUT2D eigenvalue weighted by molar-refractivity contribution is -0.957. The highest BCUT2D eigenvalue weighted by Gasteiger charge is 2.31. The number of quaternary nitrogens is 1. The normalized spacial score (nSPS) is 24.8. The molecule has 3 atom stereocenters. The van der Waals surface area contributed by atoms with E-state index in [0.29, 0.717) is 12.1 Å². The van der Waals surface area contributed by atoms with E-state index in [4.69, 9.17) is 0 Å². The molecule has 0 fully saturated rings. The zero-order chi connectivity index (χ0) is 15.2. The predicted molar refractivity (Wildman–Crippen MR) is 91.3 cm³/mol. The van der Waals surface area contributed by atoms with Crippen LogP contribution in [0.2, 0.25) is 0 Å². The number of nitrogens with one attached hydrogen (secondary N) is 1. The second kappa shape index (κ2) is 7.42. The molecule has 0 aromatic heterocycles. The topological polar surface area (TPSA) is 4.44 Å². The van der Waals surface area contributed by atoms with Crippen molar-refractivity contribution in [3.05, 3.63) is 72.4 Å². The maximum Gasteiger partial charge on any atom is 0.110 e. The van der Waals surface area contributed by atoms with Gasteiger partial charge in [0.1, 0.15) is 12.6 Å². The predicted octanol–water partition coefficient (Wildman–Crippen LogP) is 3.70. The quantitative estimate of drug-likeness (QED) is 0.759. The molecular weight excluding hydrogens is 254 g/mol. The molecule has 0 spiro atoms. The lowest BCUT2D eigenvalue weighted by Gasteiger charge is -2.36. The molecule has 1 aromatic carbocycles. The smallest absolute Gasteiger partial charge is 0.110 e. The second-order valence-corrected chi connectivity index (χ2v) is 6.53. The molecule has 1 unspecified atom stereocenters. The zero-order valence-electron chi connectivity index (χ0n) is 13.4. The molecule has 1 N–H and O–H groups in total. The summed E-state index contributed by atoms with van der Waals surface area (Å²) in [5, 5.41) is 0. The van der Waals surface area contributed by atoms with Gasteiger partial charge in [0.2, 0.25) is 0 Å². The molecule has 0 aliphatic carbocycles. The third-order valence-electron chi connectivity index (χ3n) is 4.20. The van der Waals surface area contributed by atoms with Crippen LogP contribution in [0, 0.1) is 0 Å². The largest absolute Gasteiger partial charge is 0.322 e. The third-order valence-corrected chi connectivity index (χ3v) is 4.20. The fourth-order valence-corrected chi connectivity index (χ4v) is 3.30. The molecular formula is C20H28N+. The minimum Gasteiger partial charge on any atom is -0.322 e. The molecule has 0 bridgehead atoms. The Hall–Kier alpha value is -1.60.